The SMILES string of the molecule is CCc1cc2c(cc1C(C)=O)N(C(=O)C(F)(F)F)CCC2(C)C. The average Bonchev–Trinajstić information content (AvgIpc) is 2.44. The summed E-state index contributed by atoms with van der Waals surface area (Å²) < 4.78 is 38.6. The Bertz CT molecular complexity index is 663. The van der Waals surface area contributed by atoms with Gasteiger partial charge < -0.3 is 4.90 Å². The number of hydrogen-bond donors (Lipinski definition) is 0. The fourth-order valence-corrected chi connectivity index (χ4v) is 3.03. The van der Waals surface area contributed by atoms with Gasteiger partial charge in [0.05, 0.1) is 0 Å². The number of nitrogens with zero attached hydrogens (tertiary/aromatic N) is 1. The highest BCUT2D eigenvalue weighted by atomic mass is 19.4. The number of anilines is 1. The summed E-state index contributed by atoms with van der Waals surface area (Å²) in [5.74, 6) is -2.10. The highest BCUT2D eigenvalue weighted by Crippen LogP contribution is 2.42. The quantitative estimate of drug-likeness (QED) is 0.769. The fourth-order valence-electron chi connectivity index (χ4n) is 3.03. The van der Waals surface area contributed by atoms with Crippen molar-refractivity contribution in [2.45, 2.75) is 52.1 Å². The monoisotopic (exact) mass is 327 g/mol. The van der Waals surface area contributed by atoms with Gasteiger partial charge in [0.1, 0.15) is 0 Å². The van der Waals surface area contributed by atoms with Crippen LogP contribution in [0.15, 0.2) is 12.1 Å². The largest absolute Gasteiger partial charge is 0.471 e. The molecule has 1 aliphatic rings. The van der Waals surface area contributed by atoms with Crippen LogP contribution in [0, 0.1) is 0 Å². The maximum absolute atomic E-state index is 12.9. The van der Waals surface area contributed by atoms with Gasteiger partial charge in [-0.3, -0.25) is 9.59 Å². The molecule has 2 rings (SSSR count). The molecule has 1 aromatic carbocycles. The molecule has 1 aliphatic heterocycles. The van der Waals surface area contributed by atoms with Crippen LogP contribution in [0.5, 0.6) is 0 Å². The van der Waals surface area contributed by atoms with E-state index in [0.717, 1.165) is 10.5 Å². The van der Waals surface area contributed by atoms with E-state index in [4.69, 9.17) is 0 Å². The maximum atomic E-state index is 12.9. The van der Waals surface area contributed by atoms with Crippen LogP contribution in [0.1, 0.15) is 55.6 Å². The Kier molecular flexibility index (Phi) is 4.30. The Hall–Kier alpha value is -1.85. The molecule has 0 bridgehead atoms. The minimum Gasteiger partial charge on any atom is -0.304 e. The molecular weight excluding hydrogens is 307 g/mol. The molecule has 0 unspecified atom stereocenters. The number of halogens is 3. The van der Waals surface area contributed by atoms with Gasteiger partial charge >= 0.3 is 12.1 Å². The smallest absolute Gasteiger partial charge is 0.304 e. The number of amides is 1. The van der Waals surface area contributed by atoms with Crippen LogP contribution in [-0.2, 0) is 16.6 Å². The van der Waals surface area contributed by atoms with Gasteiger partial charge in [-0.05, 0) is 42.4 Å². The zero-order chi connectivity index (χ0) is 17.6. The van der Waals surface area contributed by atoms with Crippen LogP contribution in [0.3, 0.4) is 0 Å². The molecule has 0 saturated heterocycles. The average molecular weight is 327 g/mol. The first kappa shape index (κ1) is 17.5. The number of ketones is 1. The van der Waals surface area contributed by atoms with Crippen LogP contribution < -0.4 is 4.90 Å². The third-order valence-electron chi connectivity index (χ3n) is 4.45. The van der Waals surface area contributed by atoms with E-state index in [0.29, 0.717) is 24.0 Å². The van der Waals surface area contributed by atoms with Crippen molar-refractivity contribution >= 4 is 17.4 Å². The van der Waals surface area contributed by atoms with Gasteiger partial charge in [-0.1, -0.05) is 26.8 Å². The number of carbonyl (C=O) groups excluding carboxylic acids is 2. The Morgan fingerprint density at radius 2 is 1.87 bits per heavy atom. The number of fused-ring (bicyclic) bond motifs is 1. The minimum atomic E-state index is -4.93. The number of carbonyl (C=O) groups is 2. The highest BCUT2D eigenvalue weighted by Gasteiger charge is 2.46. The molecule has 6 heteroatoms. The van der Waals surface area contributed by atoms with E-state index in [2.05, 4.69) is 0 Å². The number of aryl methyl sites for hydroxylation is 1. The second kappa shape index (κ2) is 5.65. The van der Waals surface area contributed by atoms with E-state index in [1.807, 2.05) is 20.8 Å². The summed E-state index contributed by atoms with van der Waals surface area (Å²) in [5, 5.41) is 0. The predicted molar refractivity (Wildman–Crippen MR) is 81.9 cm³/mol. The molecule has 23 heavy (non-hydrogen) atoms. The highest BCUT2D eigenvalue weighted by molar-refractivity contribution is 6.02. The molecule has 1 aromatic rings. The van der Waals surface area contributed by atoms with E-state index in [-0.39, 0.29) is 23.4 Å². The predicted octanol–water partition coefficient (Wildman–Crippen LogP) is 4.03. The normalized spacial score (nSPS) is 16.9. The molecule has 3 nitrogen and oxygen atoms in total. The summed E-state index contributed by atoms with van der Waals surface area (Å²) in [6, 6.07) is 3.23. The first-order chi connectivity index (χ1) is 10.5. The van der Waals surface area contributed by atoms with Gasteiger partial charge in [0.25, 0.3) is 0 Å². The third kappa shape index (κ3) is 3.12. The van der Waals surface area contributed by atoms with Crippen molar-refractivity contribution in [3.05, 3.63) is 28.8 Å². The summed E-state index contributed by atoms with van der Waals surface area (Å²) in [7, 11) is 0. The Morgan fingerprint density at radius 1 is 1.26 bits per heavy atom. The lowest BCUT2D eigenvalue weighted by atomic mass is 9.76. The van der Waals surface area contributed by atoms with Crippen LogP contribution in [-0.4, -0.2) is 24.4 Å². The molecule has 1 amide bonds. The summed E-state index contributed by atoms with van der Waals surface area (Å²) in [5.41, 5.74) is 1.71. The number of hydrogen-bond acceptors (Lipinski definition) is 2. The Labute approximate surface area is 133 Å². The molecule has 0 fully saturated rings. The van der Waals surface area contributed by atoms with Gasteiger partial charge in [-0.2, -0.15) is 13.2 Å². The fraction of sp³-hybridized carbons (Fsp3) is 0.529. The number of benzene rings is 1. The molecular formula is C17H20F3NO2. The molecule has 0 N–H and O–H groups in total. The van der Waals surface area contributed by atoms with E-state index >= 15 is 0 Å². The van der Waals surface area contributed by atoms with Gasteiger partial charge in [-0.25, -0.2) is 0 Å². The molecule has 0 saturated carbocycles. The summed E-state index contributed by atoms with van der Waals surface area (Å²) >= 11 is 0. The van der Waals surface area contributed by atoms with Gasteiger partial charge in [0, 0.05) is 17.8 Å². The molecule has 0 spiro atoms. The van der Waals surface area contributed by atoms with E-state index in [9.17, 15) is 22.8 Å². The van der Waals surface area contributed by atoms with Crippen LogP contribution >= 0.6 is 0 Å². The zero-order valence-corrected chi connectivity index (χ0v) is 13.7. The number of rotatable bonds is 2. The summed E-state index contributed by atoms with van der Waals surface area (Å²) in [6.45, 7) is 7.14. The molecule has 1 heterocycles. The second-order valence-electron chi connectivity index (χ2n) is 6.52. The van der Waals surface area contributed by atoms with Gasteiger partial charge in [0.15, 0.2) is 5.78 Å². The molecule has 126 valence electrons. The van der Waals surface area contributed by atoms with Crippen LogP contribution in [0.25, 0.3) is 0 Å². The lowest BCUT2D eigenvalue weighted by Gasteiger charge is -2.40. The van der Waals surface area contributed by atoms with E-state index in [1.165, 1.54) is 13.0 Å². The first-order valence-corrected chi connectivity index (χ1v) is 7.56. The molecule has 0 atom stereocenters. The molecule has 0 radical (unpaired) electrons. The Balaban J connectivity index is 2.68. The first-order valence-electron chi connectivity index (χ1n) is 7.56. The lowest BCUT2D eigenvalue weighted by Crippen LogP contribution is -2.47. The standard InChI is InChI=1S/C17H20F3NO2/c1-5-11-8-13-14(9-12(11)10(2)22)21(7-6-16(13,3)4)15(23)17(18,19)20/h8-9H,5-7H2,1-4H3. The van der Waals surface area contributed by atoms with Crippen molar-refractivity contribution in [3.8, 4) is 0 Å². The summed E-state index contributed by atoms with van der Waals surface area (Å²) in [4.78, 5) is 24.3. The van der Waals surface area contributed by atoms with Crippen molar-refractivity contribution in [2.24, 2.45) is 0 Å². The van der Waals surface area contributed by atoms with E-state index < -0.39 is 12.1 Å². The molecule has 0 aliphatic carbocycles. The van der Waals surface area contributed by atoms with Crippen molar-refractivity contribution in [1.82, 2.24) is 0 Å². The third-order valence-corrected chi connectivity index (χ3v) is 4.45. The number of alkyl halides is 3. The van der Waals surface area contributed by atoms with Crippen LogP contribution in [0.2, 0.25) is 0 Å². The van der Waals surface area contributed by atoms with Gasteiger partial charge in [-0.15, -0.1) is 0 Å². The van der Waals surface area contributed by atoms with Crippen molar-refractivity contribution < 1.29 is 22.8 Å². The zero-order valence-electron chi connectivity index (χ0n) is 13.7. The summed E-state index contributed by atoms with van der Waals surface area (Å²) in [6.07, 6.45) is -3.89. The maximum Gasteiger partial charge on any atom is 0.471 e. The van der Waals surface area contributed by atoms with Crippen molar-refractivity contribution in [3.63, 3.8) is 0 Å². The van der Waals surface area contributed by atoms with Crippen molar-refractivity contribution in [1.29, 1.82) is 0 Å². The van der Waals surface area contributed by atoms with Crippen LogP contribution in [0.4, 0.5) is 18.9 Å². The minimum absolute atomic E-state index is 0.0127. The Morgan fingerprint density at radius 3 is 2.35 bits per heavy atom. The molecule has 0 aromatic heterocycles. The van der Waals surface area contributed by atoms with Gasteiger partial charge in [0.2, 0.25) is 0 Å². The van der Waals surface area contributed by atoms with E-state index in [1.54, 1.807) is 6.07 Å². The number of Topliss-reactive ketones (excluding diaryl/α,β-unsaturated/α-hetero) is 1. The topological polar surface area (TPSA) is 37.4 Å². The van der Waals surface area contributed by atoms with Crippen molar-refractivity contribution in [2.75, 3.05) is 11.4 Å². The second-order valence-corrected chi connectivity index (χ2v) is 6.52. The lowest BCUT2D eigenvalue weighted by molar-refractivity contribution is -0.170.